The molecule has 3 fully saturated rings. The van der Waals surface area contributed by atoms with E-state index in [4.69, 9.17) is 37.6 Å². The highest BCUT2D eigenvalue weighted by molar-refractivity contribution is 7.07. The molecule has 12 heteroatoms. The van der Waals surface area contributed by atoms with Crippen molar-refractivity contribution >= 4 is 38.5 Å². The summed E-state index contributed by atoms with van der Waals surface area (Å²) in [6.07, 6.45) is 3.82. The maximum Gasteiger partial charge on any atom is 0.417 e. The maximum atomic E-state index is 13.0. The van der Waals surface area contributed by atoms with Crippen LogP contribution in [0, 0.1) is 17.8 Å². The molecule has 1 saturated carbocycles. The fourth-order valence-corrected chi connectivity index (χ4v) is 6.50. The average molecular weight is 529 g/mol. The molecule has 37 heavy (non-hydrogen) atoms. The molecule has 0 spiro atoms. The van der Waals surface area contributed by atoms with E-state index in [2.05, 4.69) is 9.88 Å². The average Bonchev–Trinajstić information content (AvgIpc) is 3.61. The Morgan fingerprint density at radius 1 is 1.03 bits per heavy atom. The predicted molar refractivity (Wildman–Crippen MR) is 141 cm³/mol. The number of aromatic nitrogens is 1. The monoisotopic (exact) mass is 529 g/mol. The number of ether oxygens (including phenoxy) is 1. The van der Waals surface area contributed by atoms with E-state index in [0.29, 0.717) is 15.7 Å². The first kappa shape index (κ1) is 27.9. The van der Waals surface area contributed by atoms with Crippen molar-refractivity contribution in [1.82, 2.24) is 9.88 Å². The number of thiophene rings is 1. The Balaban J connectivity index is 0.000000175. The van der Waals surface area contributed by atoms with Gasteiger partial charge in [0.2, 0.25) is 0 Å². The lowest BCUT2D eigenvalue weighted by Crippen LogP contribution is -2.55. The third-order valence-corrected chi connectivity index (χ3v) is 8.75. The van der Waals surface area contributed by atoms with Crippen LogP contribution in [0.1, 0.15) is 43.2 Å². The Bertz CT molecular complexity index is 1180. The van der Waals surface area contributed by atoms with Gasteiger partial charge in [0.05, 0.1) is 25.8 Å². The van der Waals surface area contributed by atoms with Crippen LogP contribution in [0.5, 0.6) is 0 Å². The Hall–Kier alpha value is -2.17. The summed E-state index contributed by atoms with van der Waals surface area (Å²) in [4.78, 5) is 6.06. The van der Waals surface area contributed by atoms with Crippen LogP contribution in [0.25, 0.3) is 11.5 Å². The van der Waals surface area contributed by atoms with Crippen molar-refractivity contribution in [3.8, 4) is 0 Å². The maximum absolute atomic E-state index is 13.0. The van der Waals surface area contributed by atoms with E-state index in [9.17, 15) is 13.2 Å². The van der Waals surface area contributed by atoms with Gasteiger partial charge in [-0.3, -0.25) is 4.98 Å². The molecule has 2 saturated heterocycles. The van der Waals surface area contributed by atoms with Crippen LogP contribution >= 0.6 is 11.3 Å². The number of likely N-dealkylation sites (tertiary alicyclic amines) is 1. The zero-order chi connectivity index (χ0) is 26.8. The summed E-state index contributed by atoms with van der Waals surface area (Å²) >= 11 is 1.20. The Morgan fingerprint density at radius 2 is 1.68 bits per heavy atom. The van der Waals surface area contributed by atoms with Crippen LogP contribution in [0.2, 0.25) is 0 Å². The standard InChI is InChI=1S/C13H21B2NO.C12H11F3N4S/c14-13(15,12-4-6-17-7-5-12)16-8-10-2-1-3-11(10)9-16;13-12(14,15)8-1-3-19-5-7(8)9(16)6-2-4-20-10(6)11(17)18/h10-12H,1-9H2;1-5H,16-18H2/b;9-6-. The van der Waals surface area contributed by atoms with Crippen molar-refractivity contribution in [2.45, 2.75) is 43.6 Å². The first-order chi connectivity index (χ1) is 17.5. The van der Waals surface area contributed by atoms with Crippen LogP contribution in [0.15, 0.2) is 29.9 Å². The molecule has 0 amide bonds. The molecule has 196 valence electrons. The number of hydrogen-bond acceptors (Lipinski definition) is 7. The third-order valence-electron chi connectivity index (χ3n) is 7.78. The van der Waals surface area contributed by atoms with E-state index in [-0.39, 0.29) is 17.1 Å². The van der Waals surface area contributed by atoms with Gasteiger partial charge in [0.25, 0.3) is 0 Å². The Kier molecular flexibility index (Phi) is 8.50. The first-order valence-electron chi connectivity index (χ1n) is 12.5. The molecule has 2 aromatic heterocycles. The molecule has 0 aromatic carbocycles. The van der Waals surface area contributed by atoms with E-state index in [1.807, 2.05) is 0 Å². The zero-order valence-electron chi connectivity index (χ0n) is 20.7. The molecule has 2 unspecified atom stereocenters. The highest BCUT2D eigenvalue weighted by Gasteiger charge is 2.43. The molecule has 0 bridgehead atoms. The third kappa shape index (κ3) is 6.12. The van der Waals surface area contributed by atoms with Gasteiger partial charge >= 0.3 is 6.18 Å². The van der Waals surface area contributed by atoms with E-state index < -0.39 is 17.1 Å². The Morgan fingerprint density at radius 3 is 2.27 bits per heavy atom. The molecule has 2 aliphatic heterocycles. The lowest BCUT2D eigenvalue weighted by Gasteiger charge is -2.45. The summed E-state index contributed by atoms with van der Waals surface area (Å²) < 4.78 is 44.7. The predicted octanol–water partition coefficient (Wildman–Crippen LogP) is 1.40. The molecule has 5 rings (SSSR count). The van der Waals surface area contributed by atoms with Crippen molar-refractivity contribution in [1.29, 1.82) is 0 Å². The fourth-order valence-electron chi connectivity index (χ4n) is 5.72. The van der Waals surface area contributed by atoms with Crippen LogP contribution in [-0.4, -0.2) is 57.2 Å². The van der Waals surface area contributed by atoms with E-state index in [0.717, 1.165) is 69.4 Å². The van der Waals surface area contributed by atoms with Gasteiger partial charge < -0.3 is 26.8 Å². The number of alkyl halides is 3. The molecule has 4 heterocycles. The van der Waals surface area contributed by atoms with Gasteiger partial charge in [-0.15, -0.1) is 11.3 Å². The van der Waals surface area contributed by atoms with Crippen molar-refractivity contribution < 1.29 is 17.9 Å². The summed E-state index contributed by atoms with van der Waals surface area (Å²) in [5.74, 6) is 2.13. The van der Waals surface area contributed by atoms with E-state index >= 15 is 0 Å². The number of fused-ring (bicyclic) bond motifs is 1. The number of hydrogen-bond donors (Lipinski definition) is 3. The van der Waals surface area contributed by atoms with Crippen molar-refractivity contribution in [2.75, 3.05) is 26.3 Å². The second kappa shape index (κ2) is 11.3. The van der Waals surface area contributed by atoms with Gasteiger partial charge in [-0.2, -0.15) is 13.2 Å². The van der Waals surface area contributed by atoms with Gasteiger partial charge in [0.15, 0.2) is 0 Å². The molecule has 2 aromatic rings. The van der Waals surface area contributed by atoms with Gasteiger partial charge in [-0.25, -0.2) is 0 Å². The highest BCUT2D eigenvalue weighted by Crippen LogP contribution is 2.41. The zero-order valence-corrected chi connectivity index (χ0v) is 21.5. The smallest absolute Gasteiger partial charge is 0.398 e. The van der Waals surface area contributed by atoms with Crippen LogP contribution in [0.3, 0.4) is 0 Å². The molecule has 2 atom stereocenters. The quantitative estimate of drug-likeness (QED) is 0.520. The van der Waals surface area contributed by atoms with Crippen molar-refractivity contribution in [3.63, 3.8) is 0 Å². The number of nitrogens with two attached hydrogens (primary N) is 3. The van der Waals surface area contributed by atoms with Gasteiger partial charge in [0.1, 0.15) is 5.82 Å². The molecule has 3 aliphatic rings. The lowest BCUT2D eigenvalue weighted by atomic mass is 9.52. The number of rotatable bonds is 3. The van der Waals surface area contributed by atoms with Crippen molar-refractivity contribution in [3.05, 3.63) is 50.8 Å². The summed E-state index contributed by atoms with van der Waals surface area (Å²) in [5, 5.41) is 1.42. The van der Waals surface area contributed by atoms with Gasteiger partial charge in [0, 0.05) is 55.2 Å². The largest absolute Gasteiger partial charge is 0.417 e. The van der Waals surface area contributed by atoms with E-state index in [1.165, 1.54) is 30.6 Å². The fraction of sp³-hybridized carbons (Fsp3) is 0.560. The summed E-state index contributed by atoms with van der Waals surface area (Å²) in [7, 11) is 12.9. The molecular weight excluding hydrogens is 497 g/mol. The molecule has 6 N–H and O–H groups in total. The highest BCUT2D eigenvalue weighted by atomic mass is 32.1. The second-order valence-electron chi connectivity index (χ2n) is 10.1. The minimum Gasteiger partial charge on any atom is -0.398 e. The van der Waals surface area contributed by atoms with E-state index in [1.54, 1.807) is 11.4 Å². The van der Waals surface area contributed by atoms with Gasteiger partial charge in [-0.1, -0.05) is 11.8 Å². The van der Waals surface area contributed by atoms with Crippen molar-refractivity contribution in [2.24, 2.45) is 35.0 Å². The normalized spacial score (nSPS) is 23.8. The lowest BCUT2D eigenvalue weighted by molar-refractivity contribution is -0.137. The SMILES string of the molecule is NC(N)=c1scc/c1=C(/N)c1cnccc1C(F)(F)F.[B]C([B])(C1CCOCC1)N1CC2CCCC2C1. The molecule has 4 radical (unpaired) electrons. The molecule has 1 aliphatic carbocycles. The Labute approximate surface area is 221 Å². The second-order valence-corrected chi connectivity index (χ2v) is 11.0. The van der Waals surface area contributed by atoms with Crippen LogP contribution in [-0.2, 0) is 10.9 Å². The topological polar surface area (TPSA) is 103 Å². The minimum absolute atomic E-state index is 0.00963. The summed E-state index contributed by atoms with van der Waals surface area (Å²) in [5.41, 5.74) is 15.7. The van der Waals surface area contributed by atoms with Gasteiger partial charge in [-0.05, 0) is 60.9 Å². The number of halogens is 3. The first-order valence-corrected chi connectivity index (χ1v) is 13.4. The number of pyridine rings is 1. The summed E-state index contributed by atoms with van der Waals surface area (Å²) in [6, 6.07) is 2.45. The van der Waals surface area contributed by atoms with Crippen LogP contribution in [0.4, 0.5) is 13.2 Å². The molecular formula is C25H32B2F3N5OS. The summed E-state index contributed by atoms with van der Waals surface area (Å²) in [6.45, 7) is 3.88. The van der Waals surface area contributed by atoms with Crippen LogP contribution < -0.4 is 27.0 Å². The molecule has 6 nitrogen and oxygen atoms in total. The minimum atomic E-state index is -4.52. The number of nitrogens with zero attached hydrogens (tertiary/aromatic N) is 2.